The molecule has 1 aromatic heterocycles. The van der Waals surface area contributed by atoms with E-state index in [0.717, 1.165) is 13.1 Å². The van der Waals surface area contributed by atoms with Crippen LogP contribution in [0.1, 0.15) is 12.2 Å². The molecular formula is C23H28FN3O4. The largest absolute Gasteiger partial charge is 0.461 e. The molecule has 2 saturated heterocycles. The van der Waals surface area contributed by atoms with Crippen LogP contribution >= 0.6 is 0 Å². The van der Waals surface area contributed by atoms with Crippen LogP contribution in [0.15, 0.2) is 40.8 Å². The van der Waals surface area contributed by atoms with Crippen molar-refractivity contribution in [3.8, 4) is 11.3 Å². The van der Waals surface area contributed by atoms with E-state index in [0.29, 0.717) is 75.9 Å². The van der Waals surface area contributed by atoms with Crippen LogP contribution in [0.2, 0.25) is 0 Å². The minimum atomic E-state index is -0.333. The van der Waals surface area contributed by atoms with E-state index in [2.05, 4.69) is 4.90 Å². The highest BCUT2D eigenvalue weighted by atomic mass is 19.1. The van der Waals surface area contributed by atoms with Crippen molar-refractivity contribution in [1.29, 1.82) is 0 Å². The summed E-state index contributed by atoms with van der Waals surface area (Å²) in [7, 11) is 0. The van der Waals surface area contributed by atoms with Gasteiger partial charge in [-0.25, -0.2) is 4.39 Å². The quantitative estimate of drug-likeness (QED) is 0.703. The molecule has 0 radical (unpaired) electrons. The molecule has 0 atom stereocenters. The van der Waals surface area contributed by atoms with Gasteiger partial charge in [0.2, 0.25) is 11.8 Å². The Hall–Kier alpha value is -2.71. The zero-order chi connectivity index (χ0) is 21.6. The fraction of sp³-hybridized carbons (Fsp3) is 0.478. The van der Waals surface area contributed by atoms with Gasteiger partial charge in [0, 0.05) is 52.1 Å². The van der Waals surface area contributed by atoms with Gasteiger partial charge in [0.05, 0.1) is 25.3 Å². The molecule has 31 heavy (non-hydrogen) atoms. The summed E-state index contributed by atoms with van der Waals surface area (Å²) in [6.45, 7) is 5.56. The molecule has 0 N–H and O–H groups in total. The topological polar surface area (TPSA) is 66.2 Å². The molecule has 2 aliphatic heterocycles. The lowest BCUT2D eigenvalue weighted by Gasteiger charge is -2.36. The Bertz CT molecular complexity index is 902. The van der Waals surface area contributed by atoms with Crippen LogP contribution in [0.25, 0.3) is 11.3 Å². The number of rotatable bonds is 6. The highest BCUT2D eigenvalue weighted by molar-refractivity contribution is 5.79. The van der Waals surface area contributed by atoms with Crippen molar-refractivity contribution in [2.45, 2.75) is 12.8 Å². The molecule has 0 unspecified atom stereocenters. The van der Waals surface area contributed by atoms with Crippen LogP contribution in [0.5, 0.6) is 0 Å². The second-order valence-electron chi connectivity index (χ2n) is 7.90. The van der Waals surface area contributed by atoms with Crippen molar-refractivity contribution in [3.63, 3.8) is 0 Å². The number of ether oxygens (including phenoxy) is 1. The number of benzene rings is 1. The molecule has 4 rings (SSSR count). The summed E-state index contributed by atoms with van der Waals surface area (Å²) >= 11 is 0. The van der Waals surface area contributed by atoms with Crippen molar-refractivity contribution in [2.24, 2.45) is 0 Å². The van der Waals surface area contributed by atoms with Crippen molar-refractivity contribution < 1.29 is 23.1 Å². The predicted molar refractivity (Wildman–Crippen MR) is 113 cm³/mol. The van der Waals surface area contributed by atoms with Crippen LogP contribution < -0.4 is 0 Å². The Kier molecular flexibility index (Phi) is 6.99. The van der Waals surface area contributed by atoms with E-state index in [1.54, 1.807) is 35.2 Å². The van der Waals surface area contributed by atoms with Gasteiger partial charge in [-0.3, -0.25) is 14.5 Å². The van der Waals surface area contributed by atoms with Gasteiger partial charge in [-0.05, 0) is 24.3 Å². The number of hydrogen-bond donors (Lipinski definition) is 0. The molecule has 0 saturated carbocycles. The number of morpholine rings is 1. The number of aryl methyl sites for hydroxylation is 1. The van der Waals surface area contributed by atoms with Crippen molar-refractivity contribution in [2.75, 3.05) is 59.0 Å². The lowest BCUT2D eigenvalue weighted by atomic mass is 10.1. The maximum atomic E-state index is 13.9. The maximum Gasteiger partial charge on any atom is 0.236 e. The highest BCUT2D eigenvalue weighted by Crippen LogP contribution is 2.25. The first-order valence-electron chi connectivity index (χ1n) is 10.8. The zero-order valence-corrected chi connectivity index (χ0v) is 17.6. The number of hydrogen-bond acceptors (Lipinski definition) is 5. The summed E-state index contributed by atoms with van der Waals surface area (Å²) in [4.78, 5) is 30.9. The molecule has 2 amide bonds. The van der Waals surface area contributed by atoms with Gasteiger partial charge in [0.25, 0.3) is 0 Å². The predicted octanol–water partition coefficient (Wildman–Crippen LogP) is 2.02. The second-order valence-corrected chi connectivity index (χ2v) is 7.90. The lowest BCUT2D eigenvalue weighted by molar-refractivity contribution is -0.140. The first-order chi connectivity index (χ1) is 15.1. The summed E-state index contributed by atoms with van der Waals surface area (Å²) in [5.41, 5.74) is 0.415. The van der Waals surface area contributed by atoms with Gasteiger partial charge >= 0.3 is 0 Å². The smallest absolute Gasteiger partial charge is 0.236 e. The number of carbonyl (C=O) groups excluding carboxylic acids is 2. The normalized spacial score (nSPS) is 17.7. The minimum Gasteiger partial charge on any atom is -0.461 e. The average Bonchev–Trinajstić information content (AvgIpc) is 3.27. The third-order valence-corrected chi connectivity index (χ3v) is 5.83. The highest BCUT2D eigenvalue weighted by Gasteiger charge is 2.25. The SMILES string of the molecule is O=C(CCc1ccc(-c2ccccc2F)o1)N1CCN(C(=O)CN2CCOCC2)CC1. The van der Waals surface area contributed by atoms with E-state index in [1.807, 2.05) is 4.90 Å². The monoisotopic (exact) mass is 429 g/mol. The first-order valence-corrected chi connectivity index (χ1v) is 10.8. The molecule has 0 spiro atoms. The molecular weight excluding hydrogens is 401 g/mol. The summed E-state index contributed by atoms with van der Waals surface area (Å²) in [5, 5.41) is 0. The number of piperazine rings is 1. The molecule has 2 aromatic rings. The number of amides is 2. The van der Waals surface area contributed by atoms with Gasteiger partial charge in [-0.2, -0.15) is 0 Å². The maximum absolute atomic E-state index is 13.9. The Morgan fingerprint density at radius 2 is 1.55 bits per heavy atom. The molecule has 0 bridgehead atoms. The second kappa shape index (κ2) is 10.1. The fourth-order valence-electron chi connectivity index (χ4n) is 3.96. The van der Waals surface area contributed by atoms with Crippen molar-refractivity contribution >= 4 is 11.8 Å². The Morgan fingerprint density at radius 3 is 2.26 bits per heavy atom. The third-order valence-electron chi connectivity index (χ3n) is 5.83. The van der Waals surface area contributed by atoms with Crippen LogP contribution in [0, 0.1) is 5.82 Å². The molecule has 3 heterocycles. The van der Waals surface area contributed by atoms with Gasteiger partial charge in [0.1, 0.15) is 17.3 Å². The molecule has 0 aliphatic carbocycles. The summed E-state index contributed by atoms with van der Waals surface area (Å²) in [5.74, 6) is 0.953. The lowest BCUT2D eigenvalue weighted by Crippen LogP contribution is -2.53. The fourth-order valence-corrected chi connectivity index (χ4v) is 3.96. The van der Waals surface area contributed by atoms with E-state index in [1.165, 1.54) is 6.07 Å². The summed E-state index contributed by atoms with van der Waals surface area (Å²) in [6.07, 6.45) is 0.787. The number of furan rings is 1. The van der Waals surface area contributed by atoms with E-state index >= 15 is 0 Å². The van der Waals surface area contributed by atoms with Gasteiger partial charge in [-0.1, -0.05) is 12.1 Å². The number of nitrogens with zero attached hydrogens (tertiary/aromatic N) is 3. The summed E-state index contributed by atoms with van der Waals surface area (Å²) in [6, 6.07) is 9.98. The summed E-state index contributed by atoms with van der Waals surface area (Å²) < 4.78 is 25.0. The molecule has 166 valence electrons. The Labute approximate surface area is 181 Å². The molecule has 7 nitrogen and oxygen atoms in total. The van der Waals surface area contributed by atoms with Gasteiger partial charge in [0.15, 0.2) is 0 Å². The standard InChI is InChI=1S/C23H28FN3O4/c24-20-4-2-1-3-19(20)21-7-5-18(31-21)6-8-22(28)26-9-11-27(12-10-26)23(29)17-25-13-15-30-16-14-25/h1-5,7H,6,8-17H2. The average molecular weight is 429 g/mol. The first kappa shape index (κ1) is 21.5. The van der Waals surface area contributed by atoms with Gasteiger partial charge in [-0.15, -0.1) is 0 Å². The minimum absolute atomic E-state index is 0.0455. The third kappa shape index (κ3) is 5.51. The van der Waals surface area contributed by atoms with E-state index in [4.69, 9.17) is 9.15 Å². The zero-order valence-electron chi connectivity index (χ0n) is 17.6. The van der Waals surface area contributed by atoms with E-state index in [9.17, 15) is 14.0 Å². The van der Waals surface area contributed by atoms with Crippen molar-refractivity contribution in [1.82, 2.24) is 14.7 Å². The molecule has 2 fully saturated rings. The van der Waals surface area contributed by atoms with Crippen LogP contribution in [-0.2, 0) is 20.7 Å². The Morgan fingerprint density at radius 1 is 0.871 bits per heavy atom. The van der Waals surface area contributed by atoms with Crippen LogP contribution in [0.4, 0.5) is 4.39 Å². The van der Waals surface area contributed by atoms with E-state index in [-0.39, 0.29) is 17.6 Å². The molecule has 8 heteroatoms. The number of carbonyl (C=O) groups is 2. The Balaban J connectivity index is 1.22. The van der Waals surface area contributed by atoms with Gasteiger partial charge < -0.3 is 19.0 Å². The molecule has 1 aromatic carbocycles. The van der Waals surface area contributed by atoms with Crippen LogP contribution in [0.3, 0.4) is 0 Å². The van der Waals surface area contributed by atoms with Crippen LogP contribution in [-0.4, -0.2) is 85.5 Å². The van der Waals surface area contributed by atoms with Crippen molar-refractivity contribution in [3.05, 3.63) is 48.0 Å². The van der Waals surface area contributed by atoms with E-state index < -0.39 is 0 Å². The molecule has 2 aliphatic rings. The number of halogens is 1.